The minimum Gasteiger partial charge on any atom is -0.465 e. The molecule has 174 valence electrons. The average Bonchev–Trinajstić information content (AvgIpc) is 2.80. The van der Waals surface area contributed by atoms with Gasteiger partial charge in [0.25, 0.3) is 0 Å². The van der Waals surface area contributed by atoms with E-state index in [0.717, 1.165) is 25.8 Å². The van der Waals surface area contributed by atoms with Gasteiger partial charge in [-0.3, -0.25) is 14.5 Å². The first-order chi connectivity index (χ1) is 15.4. The summed E-state index contributed by atoms with van der Waals surface area (Å²) in [6, 6.07) is 7.03. The molecule has 8 nitrogen and oxygen atoms in total. The van der Waals surface area contributed by atoms with Crippen LogP contribution in [0.4, 0.5) is 5.69 Å². The first kappa shape index (κ1) is 22.9. The molecule has 8 heteroatoms. The molecule has 2 aliphatic heterocycles. The quantitative estimate of drug-likeness (QED) is 0.669. The number of ether oxygens (including phenoxy) is 2. The van der Waals surface area contributed by atoms with E-state index in [1.165, 1.54) is 7.11 Å². The number of hydrogen-bond acceptors (Lipinski definition) is 7. The summed E-state index contributed by atoms with van der Waals surface area (Å²) in [5, 5.41) is 6.64. The normalized spacial score (nSPS) is 32.5. The lowest BCUT2D eigenvalue weighted by molar-refractivity contribution is -0.140. The molecule has 2 heterocycles. The molecule has 3 fully saturated rings. The third-order valence-electron chi connectivity index (χ3n) is 7.32. The van der Waals surface area contributed by atoms with Crippen molar-refractivity contribution in [1.29, 1.82) is 0 Å². The number of benzene rings is 1. The van der Waals surface area contributed by atoms with Crippen molar-refractivity contribution in [2.45, 2.75) is 44.4 Å². The molecular formula is C24H33N3O5. The fourth-order valence-corrected chi connectivity index (χ4v) is 5.63. The van der Waals surface area contributed by atoms with Gasteiger partial charge < -0.3 is 20.1 Å². The first-order valence-corrected chi connectivity index (χ1v) is 11.4. The molecule has 4 rings (SSSR count). The molecule has 1 saturated carbocycles. The Morgan fingerprint density at radius 1 is 1.16 bits per heavy atom. The topological polar surface area (TPSA) is 97.0 Å². The Morgan fingerprint density at radius 2 is 1.91 bits per heavy atom. The maximum Gasteiger partial charge on any atom is 0.337 e. The third-order valence-corrected chi connectivity index (χ3v) is 7.32. The van der Waals surface area contributed by atoms with E-state index in [9.17, 15) is 14.4 Å². The second-order valence-corrected chi connectivity index (χ2v) is 9.36. The Bertz CT molecular complexity index is 858. The largest absolute Gasteiger partial charge is 0.465 e. The van der Waals surface area contributed by atoms with E-state index in [1.807, 2.05) is 0 Å². The van der Waals surface area contributed by atoms with Crippen molar-refractivity contribution < 1.29 is 23.9 Å². The van der Waals surface area contributed by atoms with Crippen molar-refractivity contribution in [1.82, 2.24) is 10.2 Å². The summed E-state index contributed by atoms with van der Waals surface area (Å²) >= 11 is 0. The zero-order chi connectivity index (χ0) is 22.8. The van der Waals surface area contributed by atoms with Crippen LogP contribution < -0.4 is 10.6 Å². The van der Waals surface area contributed by atoms with Gasteiger partial charge in [-0.15, -0.1) is 0 Å². The summed E-state index contributed by atoms with van der Waals surface area (Å²) in [4.78, 5) is 39.6. The lowest BCUT2D eigenvalue weighted by atomic mass is 9.66. The number of hydrogen-bond donors (Lipinski definition) is 2. The fraction of sp³-hybridized carbons (Fsp3) is 0.625. The predicted octanol–water partition coefficient (Wildman–Crippen LogP) is 1.70. The number of piperidine rings is 2. The number of nitrogens with one attached hydrogen (secondary N) is 2. The number of esters is 1. The number of rotatable bonds is 5. The predicted molar refractivity (Wildman–Crippen MR) is 119 cm³/mol. The number of carbonyl (C=O) groups is 3. The molecular weight excluding hydrogens is 410 g/mol. The van der Waals surface area contributed by atoms with Crippen molar-refractivity contribution in [3.05, 3.63) is 29.8 Å². The number of nitrogens with zero attached hydrogens (tertiary/aromatic N) is 1. The molecule has 1 aliphatic carbocycles. The van der Waals surface area contributed by atoms with Crippen LogP contribution in [0.3, 0.4) is 0 Å². The molecule has 0 spiro atoms. The molecule has 1 amide bonds. The van der Waals surface area contributed by atoms with E-state index in [-0.39, 0.29) is 42.5 Å². The van der Waals surface area contributed by atoms with Crippen molar-refractivity contribution in [3.8, 4) is 0 Å². The van der Waals surface area contributed by atoms with Gasteiger partial charge in [-0.05, 0) is 49.4 Å². The molecule has 3 aliphatic rings. The lowest BCUT2D eigenvalue weighted by Gasteiger charge is -2.51. The number of amides is 1. The zero-order valence-electron chi connectivity index (χ0n) is 19.0. The average molecular weight is 444 g/mol. The van der Waals surface area contributed by atoms with Gasteiger partial charge in [-0.2, -0.15) is 0 Å². The van der Waals surface area contributed by atoms with E-state index in [4.69, 9.17) is 4.74 Å². The van der Waals surface area contributed by atoms with Gasteiger partial charge in [0.05, 0.1) is 25.3 Å². The number of likely N-dealkylation sites (tertiary alicyclic amines) is 1. The highest BCUT2D eigenvalue weighted by molar-refractivity contribution is 5.94. The van der Waals surface area contributed by atoms with Crippen LogP contribution in [0.5, 0.6) is 0 Å². The van der Waals surface area contributed by atoms with Gasteiger partial charge in [-0.25, -0.2) is 4.79 Å². The third kappa shape index (κ3) is 4.72. The smallest absolute Gasteiger partial charge is 0.337 e. The van der Waals surface area contributed by atoms with Crippen molar-refractivity contribution >= 4 is 23.3 Å². The molecule has 6 unspecified atom stereocenters. The molecule has 0 bridgehead atoms. The van der Waals surface area contributed by atoms with Crippen molar-refractivity contribution in [2.24, 2.45) is 17.8 Å². The second kappa shape index (κ2) is 9.68. The highest BCUT2D eigenvalue weighted by atomic mass is 16.5. The highest BCUT2D eigenvalue weighted by Crippen LogP contribution is 2.39. The van der Waals surface area contributed by atoms with Crippen LogP contribution >= 0.6 is 0 Å². The Labute approximate surface area is 189 Å². The van der Waals surface area contributed by atoms with Crippen LogP contribution in [0.1, 0.15) is 36.5 Å². The summed E-state index contributed by atoms with van der Waals surface area (Å²) in [5.41, 5.74) is 1.06. The Balaban J connectivity index is 1.34. The number of anilines is 1. The number of fused-ring (bicyclic) bond motifs is 2. The van der Waals surface area contributed by atoms with Gasteiger partial charge in [0, 0.05) is 49.8 Å². The van der Waals surface area contributed by atoms with Gasteiger partial charge in [0.1, 0.15) is 5.78 Å². The van der Waals surface area contributed by atoms with E-state index >= 15 is 0 Å². The minimum atomic E-state index is -0.414. The molecule has 0 radical (unpaired) electrons. The van der Waals surface area contributed by atoms with Crippen molar-refractivity contribution in [3.63, 3.8) is 0 Å². The molecule has 2 saturated heterocycles. The molecule has 6 atom stereocenters. The van der Waals surface area contributed by atoms with Crippen LogP contribution in [0, 0.1) is 17.8 Å². The van der Waals surface area contributed by atoms with Crippen molar-refractivity contribution in [2.75, 3.05) is 39.2 Å². The van der Waals surface area contributed by atoms with Crippen LogP contribution in [0.2, 0.25) is 0 Å². The Morgan fingerprint density at radius 3 is 2.59 bits per heavy atom. The van der Waals surface area contributed by atoms with E-state index in [1.54, 1.807) is 31.4 Å². The summed E-state index contributed by atoms with van der Waals surface area (Å²) < 4.78 is 10.3. The minimum absolute atomic E-state index is 0.00736. The van der Waals surface area contributed by atoms with Crippen LogP contribution in [0.15, 0.2) is 24.3 Å². The first-order valence-electron chi connectivity index (χ1n) is 11.4. The van der Waals surface area contributed by atoms with Gasteiger partial charge in [0.15, 0.2) is 0 Å². The maximum absolute atomic E-state index is 13.4. The van der Waals surface area contributed by atoms with E-state index < -0.39 is 5.97 Å². The summed E-state index contributed by atoms with van der Waals surface area (Å²) in [7, 11) is 3.06. The summed E-state index contributed by atoms with van der Waals surface area (Å²) in [6.45, 7) is 3.82. The lowest BCUT2D eigenvalue weighted by Crippen LogP contribution is -2.66. The van der Waals surface area contributed by atoms with E-state index in [2.05, 4.69) is 27.2 Å². The summed E-state index contributed by atoms with van der Waals surface area (Å²) in [6.07, 6.45) is 2.77. The molecule has 1 aromatic rings. The fourth-order valence-electron chi connectivity index (χ4n) is 5.63. The van der Waals surface area contributed by atoms with Crippen LogP contribution in [-0.4, -0.2) is 74.6 Å². The number of carbonyl (C=O) groups excluding carboxylic acids is 3. The standard InChI is InChI=1S/C24H33N3O5/c1-14-10-17(31-2)11-18-22(14)26-20-8-9-27(12-19(20)23(18)29)13-21(28)25-16-6-4-15(5-7-16)24(30)32-3/h4-7,14,17-20,22,26H,8-13H2,1-3H3,(H,25,28). The number of ketones is 1. The van der Waals surface area contributed by atoms with Gasteiger partial charge in [-0.1, -0.05) is 6.92 Å². The maximum atomic E-state index is 13.4. The highest BCUT2D eigenvalue weighted by Gasteiger charge is 2.49. The van der Waals surface area contributed by atoms with E-state index in [0.29, 0.717) is 29.5 Å². The zero-order valence-corrected chi connectivity index (χ0v) is 19.0. The van der Waals surface area contributed by atoms with Gasteiger partial charge >= 0.3 is 5.97 Å². The van der Waals surface area contributed by atoms with Gasteiger partial charge in [0.2, 0.25) is 5.91 Å². The molecule has 2 N–H and O–H groups in total. The molecule has 1 aromatic carbocycles. The molecule has 32 heavy (non-hydrogen) atoms. The monoisotopic (exact) mass is 443 g/mol. The second-order valence-electron chi connectivity index (χ2n) is 9.36. The molecule has 0 aromatic heterocycles. The number of Topliss-reactive ketones (excluding diaryl/α,β-unsaturated/α-hetero) is 1. The van der Waals surface area contributed by atoms with Crippen LogP contribution in [-0.2, 0) is 19.1 Å². The Kier molecular flexibility index (Phi) is 6.93. The Hall–Kier alpha value is -2.29. The number of methoxy groups -OCH3 is 2. The van der Waals surface area contributed by atoms with Crippen LogP contribution in [0.25, 0.3) is 0 Å². The summed E-state index contributed by atoms with van der Waals surface area (Å²) in [5.74, 6) is 0.109. The SMILES string of the molecule is COC(=O)c1ccc(NC(=O)CN2CCC3NC4C(C)CC(OC)CC4C(=O)C3C2)cc1.